The number of aromatic nitrogens is 2. The third-order valence-corrected chi connectivity index (χ3v) is 7.37. The molecule has 0 radical (unpaired) electrons. The Balaban J connectivity index is 0.00000228. The van der Waals surface area contributed by atoms with Gasteiger partial charge in [-0.1, -0.05) is 18.2 Å². The molecule has 1 saturated heterocycles. The molecule has 0 spiro atoms. The van der Waals surface area contributed by atoms with Gasteiger partial charge in [0.15, 0.2) is 0 Å². The van der Waals surface area contributed by atoms with Crippen molar-refractivity contribution in [2.24, 2.45) is 0 Å². The molecule has 0 amide bonds. The molecule has 1 atom stereocenters. The molecule has 1 fully saturated rings. The van der Waals surface area contributed by atoms with Gasteiger partial charge in [0.25, 0.3) is 5.56 Å². The Hall–Kier alpha value is -2.41. The van der Waals surface area contributed by atoms with Crippen LogP contribution in [0.4, 0.5) is 0 Å². The van der Waals surface area contributed by atoms with Gasteiger partial charge in [-0.2, -0.15) is 0 Å². The fourth-order valence-corrected chi connectivity index (χ4v) is 5.65. The maximum atomic E-state index is 12.4. The average molecular weight is 467 g/mol. The van der Waals surface area contributed by atoms with E-state index in [9.17, 15) is 4.79 Å². The van der Waals surface area contributed by atoms with Crippen molar-refractivity contribution >= 4 is 23.3 Å². The predicted molar refractivity (Wildman–Crippen MR) is 133 cm³/mol. The number of likely N-dealkylation sites (tertiary alicyclic amines) is 1. The van der Waals surface area contributed by atoms with E-state index in [0.29, 0.717) is 12.0 Å². The fourth-order valence-electron chi connectivity index (χ4n) is 5.65. The van der Waals surface area contributed by atoms with Gasteiger partial charge in [0, 0.05) is 37.7 Å². The molecule has 6 nitrogen and oxygen atoms in total. The molecule has 0 aliphatic carbocycles. The third kappa shape index (κ3) is 4.39. The number of halogens is 1. The van der Waals surface area contributed by atoms with Gasteiger partial charge in [0.2, 0.25) is 0 Å². The highest BCUT2D eigenvalue weighted by Gasteiger charge is 2.28. The molecule has 6 rings (SSSR count). The van der Waals surface area contributed by atoms with Crippen LogP contribution in [-0.4, -0.2) is 46.7 Å². The topological polar surface area (TPSA) is 59.4 Å². The van der Waals surface area contributed by atoms with Gasteiger partial charge in [0.05, 0.1) is 24.0 Å². The number of nitrogens with one attached hydrogen (secondary N) is 1. The summed E-state index contributed by atoms with van der Waals surface area (Å²) < 4.78 is 7.65. The van der Waals surface area contributed by atoms with Gasteiger partial charge in [-0.25, -0.2) is 0 Å². The predicted octanol–water partition coefficient (Wildman–Crippen LogP) is 3.49. The summed E-state index contributed by atoms with van der Waals surface area (Å²) in [6, 6.07) is 12.8. The maximum Gasteiger partial charge on any atom is 0.251 e. The van der Waals surface area contributed by atoms with Crippen molar-refractivity contribution in [1.82, 2.24) is 19.8 Å². The van der Waals surface area contributed by atoms with Crippen LogP contribution in [0.5, 0.6) is 5.75 Å². The van der Waals surface area contributed by atoms with Crippen LogP contribution < -0.4 is 15.6 Å². The van der Waals surface area contributed by atoms with E-state index in [1.165, 1.54) is 16.5 Å². The summed E-state index contributed by atoms with van der Waals surface area (Å²) >= 11 is 0. The molecular formula is C26H31ClN4O2. The SMILES string of the molecule is Cl.O=c1ccc2cccc3c2n1CC3CN1CCC(NCc2cc3c(cn2)OCCC3)CC1. The van der Waals surface area contributed by atoms with Crippen LogP contribution in [0.3, 0.4) is 0 Å². The van der Waals surface area contributed by atoms with E-state index in [-0.39, 0.29) is 18.0 Å². The number of ether oxygens (including phenoxy) is 1. The number of benzene rings is 1. The highest BCUT2D eigenvalue weighted by Crippen LogP contribution is 2.33. The molecule has 7 heteroatoms. The quantitative estimate of drug-likeness (QED) is 0.623. The number of aryl methyl sites for hydroxylation is 1. The first-order valence-corrected chi connectivity index (χ1v) is 11.9. The molecule has 33 heavy (non-hydrogen) atoms. The first kappa shape index (κ1) is 22.4. The monoisotopic (exact) mass is 466 g/mol. The molecule has 1 aromatic carbocycles. The van der Waals surface area contributed by atoms with E-state index < -0.39 is 0 Å². The Morgan fingerprint density at radius 1 is 1.15 bits per heavy atom. The van der Waals surface area contributed by atoms with Crippen molar-refractivity contribution < 1.29 is 4.74 Å². The first-order valence-electron chi connectivity index (χ1n) is 11.9. The molecule has 174 valence electrons. The minimum absolute atomic E-state index is 0. The zero-order valence-corrected chi connectivity index (χ0v) is 19.7. The molecule has 3 aliphatic heterocycles. The number of hydrogen-bond acceptors (Lipinski definition) is 5. The first-order chi connectivity index (χ1) is 15.7. The van der Waals surface area contributed by atoms with Crippen molar-refractivity contribution in [3.8, 4) is 5.75 Å². The average Bonchev–Trinajstić information content (AvgIpc) is 3.21. The van der Waals surface area contributed by atoms with Gasteiger partial charge in [0.1, 0.15) is 5.75 Å². The number of para-hydroxylation sites is 1. The van der Waals surface area contributed by atoms with Crippen LogP contribution in [0.1, 0.15) is 42.0 Å². The molecule has 0 bridgehead atoms. The number of nitrogens with zero attached hydrogens (tertiary/aromatic N) is 3. The Kier molecular flexibility index (Phi) is 6.41. The second-order valence-corrected chi connectivity index (χ2v) is 9.46. The van der Waals surface area contributed by atoms with Crippen molar-refractivity contribution in [2.45, 2.75) is 50.7 Å². The van der Waals surface area contributed by atoms with E-state index in [2.05, 4.69) is 39.5 Å². The summed E-state index contributed by atoms with van der Waals surface area (Å²) in [4.78, 5) is 19.5. The van der Waals surface area contributed by atoms with Gasteiger partial charge in [-0.3, -0.25) is 9.78 Å². The summed E-state index contributed by atoms with van der Waals surface area (Å²) in [5.74, 6) is 1.36. The van der Waals surface area contributed by atoms with Crippen LogP contribution in [0.25, 0.3) is 10.9 Å². The Bertz CT molecular complexity index is 1200. The minimum atomic E-state index is 0. The van der Waals surface area contributed by atoms with Gasteiger partial charge in [-0.15, -0.1) is 12.4 Å². The summed E-state index contributed by atoms with van der Waals surface area (Å²) in [6.07, 6.45) is 6.38. The molecule has 0 saturated carbocycles. The van der Waals surface area contributed by atoms with Crippen molar-refractivity contribution in [2.75, 3.05) is 26.2 Å². The number of pyridine rings is 2. The van der Waals surface area contributed by atoms with Crippen molar-refractivity contribution in [3.05, 3.63) is 69.8 Å². The maximum absolute atomic E-state index is 12.4. The second-order valence-electron chi connectivity index (χ2n) is 9.46. The van der Waals surface area contributed by atoms with E-state index in [0.717, 1.165) is 82.0 Å². The van der Waals surface area contributed by atoms with Gasteiger partial charge >= 0.3 is 0 Å². The molecular weight excluding hydrogens is 436 g/mol. The van der Waals surface area contributed by atoms with Crippen molar-refractivity contribution in [1.29, 1.82) is 0 Å². The zero-order chi connectivity index (χ0) is 21.5. The Morgan fingerprint density at radius 2 is 2.03 bits per heavy atom. The zero-order valence-electron chi connectivity index (χ0n) is 18.8. The fraction of sp³-hybridized carbons (Fsp3) is 0.462. The second kappa shape index (κ2) is 9.45. The minimum Gasteiger partial charge on any atom is -0.492 e. The van der Waals surface area contributed by atoms with Gasteiger partial charge in [-0.05, 0) is 67.4 Å². The summed E-state index contributed by atoms with van der Waals surface area (Å²) in [5.41, 5.74) is 5.01. The lowest BCUT2D eigenvalue weighted by atomic mass is 9.97. The van der Waals surface area contributed by atoms with Gasteiger partial charge < -0.3 is 19.5 Å². The lowest BCUT2D eigenvalue weighted by Crippen LogP contribution is -2.43. The number of fused-ring (bicyclic) bond motifs is 1. The molecule has 3 aromatic rings. The third-order valence-electron chi connectivity index (χ3n) is 7.37. The molecule has 1 N–H and O–H groups in total. The Morgan fingerprint density at radius 3 is 2.91 bits per heavy atom. The Labute approximate surface area is 200 Å². The normalized spacial score (nSPS) is 20.3. The number of rotatable bonds is 5. The molecule has 2 aromatic heterocycles. The molecule has 5 heterocycles. The molecule has 1 unspecified atom stereocenters. The van der Waals surface area contributed by atoms with E-state index in [1.54, 1.807) is 6.07 Å². The van der Waals surface area contributed by atoms with Crippen LogP contribution in [-0.2, 0) is 19.5 Å². The standard InChI is InChI=1S/C26H30N4O2.ClH/c31-25-7-6-18-3-1-5-23-20(17-30(25)26(18)23)16-29-10-8-21(9-11-29)27-14-22-13-19-4-2-12-32-24(19)15-28-22;/h1,3,5-7,13,15,20-21,27H,2,4,8-12,14,16-17H2;1H. The van der Waals surface area contributed by atoms with Crippen LogP contribution in [0, 0.1) is 0 Å². The van der Waals surface area contributed by atoms with Crippen molar-refractivity contribution in [3.63, 3.8) is 0 Å². The highest BCUT2D eigenvalue weighted by molar-refractivity contribution is 5.85. The summed E-state index contributed by atoms with van der Waals surface area (Å²) in [7, 11) is 0. The summed E-state index contributed by atoms with van der Waals surface area (Å²) in [6.45, 7) is 5.66. The smallest absolute Gasteiger partial charge is 0.251 e. The molecule has 3 aliphatic rings. The van der Waals surface area contributed by atoms with Crippen LogP contribution in [0.15, 0.2) is 47.4 Å². The highest BCUT2D eigenvalue weighted by atomic mass is 35.5. The summed E-state index contributed by atoms with van der Waals surface area (Å²) in [5, 5.41) is 4.90. The number of piperidine rings is 1. The lowest BCUT2D eigenvalue weighted by Gasteiger charge is -2.34. The van der Waals surface area contributed by atoms with E-state index in [4.69, 9.17) is 4.74 Å². The van der Waals surface area contributed by atoms with E-state index >= 15 is 0 Å². The largest absolute Gasteiger partial charge is 0.492 e. The number of hydrogen-bond donors (Lipinski definition) is 1. The van der Waals surface area contributed by atoms with Crippen LogP contribution >= 0.6 is 12.4 Å². The van der Waals surface area contributed by atoms with Crippen LogP contribution in [0.2, 0.25) is 0 Å². The lowest BCUT2D eigenvalue weighted by molar-refractivity contribution is 0.184. The van der Waals surface area contributed by atoms with E-state index in [1.807, 2.05) is 16.8 Å².